The first-order valence-corrected chi connectivity index (χ1v) is 7.58. The summed E-state index contributed by atoms with van der Waals surface area (Å²) in [5.41, 5.74) is 1.07. The number of rotatable bonds is 7. The molecule has 1 amide bonds. The molecule has 0 aliphatic heterocycles. The van der Waals surface area contributed by atoms with Crippen LogP contribution in [0.3, 0.4) is 0 Å². The van der Waals surface area contributed by atoms with E-state index in [0.29, 0.717) is 18.9 Å². The molecule has 21 heavy (non-hydrogen) atoms. The third-order valence-electron chi connectivity index (χ3n) is 3.82. The number of amides is 1. The highest BCUT2D eigenvalue weighted by Gasteiger charge is 2.33. The van der Waals surface area contributed by atoms with E-state index in [0.717, 1.165) is 29.9 Å². The lowest BCUT2D eigenvalue weighted by Gasteiger charge is -2.26. The number of aryl methyl sites for hydroxylation is 1. The van der Waals surface area contributed by atoms with Crippen LogP contribution < -0.4 is 9.47 Å². The van der Waals surface area contributed by atoms with Gasteiger partial charge >= 0.3 is 0 Å². The number of carbonyl (C=O) groups is 1. The molecular weight excluding hydrogens is 266 g/mol. The number of ether oxygens (including phenoxy) is 2. The Kier molecular flexibility index (Phi) is 5.10. The van der Waals surface area contributed by atoms with Gasteiger partial charge in [-0.1, -0.05) is 0 Å². The number of nitrogens with zero attached hydrogens (tertiary/aromatic N) is 1. The Hall–Kier alpha value is -1.71. The van der Waals surface area contributed by atoms with Crippen molar-refractivity contribution >= 4 is 5.91 Å². The van der Waals surface area contributed by atoms with Crippen molar-refractivity contribution < 1.29 is 14.3 Å². The van der Waals surface area contributed by atoms with Gasteiger partial charge in [0.05, 0.1) is 14.2 Å². The van der Waals surface area contributed by atoms with Crippen LogP contribution in [-0.4, -0.2) is 37.1 Å². The second kappa shape index (κ2) is 6.83. The van der Waals surface area contributed by atoms with Crippen molar-refractivity contribution in [3.63, 3.8) is 0 Å². The van der Waals surface area contributed by atoms with E-state index in [-0.39, 0.29) is 11.9 Å². The molecule has 0 N–H and O–H groups in total. The summed E-state index contributed by atoms with van der Waals surface area (Å²) >= 11 is 0. The van der Waals surface area contributed by atoms with Crippen LogP contribution in [0.25, 0.3) is 0 Å². The highest BCUT2D eigenvalue weighted by Crippen LogP contribution is 2.30. The minimum atomic E-state index is 0.245. The highest BCUT2D eigenvalue weighted by molar-refractivity contribution is 5.77. The number of carbonyl (C=O) groups excluding carboxylic acids is 1. The Labute approximate surface area is 127 Å². The molecule has 1 aromatic rings. The minimum absolute atomic E-state index is 0.245. The number of methoxy groups -OCH3 is 2. The molecule has 0 bridgehead atoms. The molecule has 2 rings (SSSR count). The molecule has 0 spiro atoms. The fourth-order valence-electron chi connectivity index (χ4n) is 2.66. The van der Waals surface area contributed by atoms with Gasteiger partial charge in [-0.25, -0.2) is 0 Å². The molecule has 116 valence electrons. The van der Waals surface area contributed by atoms with Crippen LogP contribution in [0.2, 0.25) is 0 Å². The summed E-state index contributed by atoms with van der Waals surface area (Å²) in [6.07, 6.45) is 3.54. The fraction of sp³-hybridized carbons (Fsp3) is 0.588. The van der Waals surface area contributed by atoms with Gasteiger partial charge in [-0.15, -0.1) is 0 Å². The van der Waals surface area contributed by atoms with Gasteiger partial charge in [-0.2, -0.15) is 0 Å². The van der Waals surface area contributed by atoms with Crippen molar-refractivity contribution in [2.75, 3.05) is 14.2 Å². The van der Waals surface area contributed by atoms with Crippen LogP contribution in [0.1, 0.15) is 38.7 Å². The Balaban J connectivity index is 2.00. The summed E-state index contributed by atoms with van der Waals surface area (Å²) in [5.74, 6) is 1.77. The molecule has 1 aromatic carbocycles. The molecule has 1 aliphatic rings. The molecule has 0 atom stereocenters. The van der Waals surface area contributed by atoms with Gasteiger partial charge in [0.15, 0.2) is 0 Å². The van der Waals surface area contributed by atoms with E-state index in [9.17, 15) is 4.79 Å². The zero-order chi connectivity index (χ0) is 15.4. The van der Waals surface area contributed by atoms with Gasteiger partial charge in [0.1, 0.15) is 11.5 Å². The Morgan fingerprint density at radius 1 is 1.19 bits per heavy atom. The van der Waals surface area contributed by atoms with Crippen molar-refractivity contribution in [1.29, 1.82) is 0 Å². The van der Waals surface area contributed by atoms with Gasteiger partial charge in [-0.3, -0.25) is 4.79 Å². The average molecular weight is 291 g/mol. The van der Waals surface area contributed by atoms with E-state index in [1.165, 1.54) is 0 Å². The average Bonchev–Trinajstić information content (AvgIpc) is 3.29. The van der Waals surface area contributed by atoms with Crippen molar-refractivity contribution in [1.82, 2.24) is 4.90 Å². The fourth-order valence-corrected chi connectivity index (χ4v) is 2.66. The lowest BCUT2D eigenvalue weighted by molar-refractivity contribution is -0.133. The molecule has 4 nitrogen and oxygen atoms in total. The van der Waals surface area contributed by atoms with Crippen LogP contribution in [0.15, 0.2) is 18.2 Å². The lowest BCUT2D eigenvalue weighted by atomic mass is 10.1. The summed E-state index contributed by atoms with van der Waals surface area (Å²) in [4.78, 5) is 14.5. The van der Waals surface area contributed by atoms with Gasteiger partial charge < -0.3 is 14.4 Å². The maximum Gasteiger partial charge on any atom is 0.223 e. The van der Waals surface area contributed by atoms with Gasteiger partial charge in [0.25, 0.3) is 0 Å². The normalized spacial score (nSPS) is 14.1. The summed E-state index contributed by atoms with van der Waals surface area (Å²) in [7, 11) is 3.27. The first-order chi connectivity index (χ1) is 10.0. The van der Waals surface area contributed by atoms with E-state index in [1.807, 2.05) is 23.1 Å². The van der Waals surface area contributed by atoms with Crippen molar-refractivity contribution in [2.24, 2.45) is 0 Å². The zero-order valence-electron chi connectivity index (χ0n) is 13.4. The second-order valence-corrected chi connectivity index (χ2v) is 5.85. The van der Waals surface area contributed by atoms with Crippen molar-refractivity contribution in [3.8, 4) is 11.5 Å². The van der Waals surface area contributed by atoms with E-state index >= 15 is 0 Å². The molecule has 0 aromatic heterocycles. The summed E-state index contributed by atoms with van der Waals surface area (Å²) in [5, 5.41) is 0. The molecule has 0 radical (unpaired) electrons. The van der Waals surface area contributed by atoms with Crippen LogP contribution in [0, 0.1) is 0 Å². The lowest BCUT2D eigenvalue weighted by Crippen LogP contribution is -2.38. The van der Waals surface area contributed by atoms with E-state index in [4.69, 9.17) is 9.47 Å². The molecule has 0 unspecified atom stereocenters. The third-order valence-corrected chi connectivity index (χ3v) is 3.82. The molecule has 1 fully saturated rings. The first-order valence-electron chi connectivity index (χ1n) is 7.58. The predicted octanol–water partition coefficient (Wildman–Crippen LogP) is 3.04. The highest BCUT2D eigenvalue weighted by atomic mass is 16.5. The molecule has 0 saturated heterocycles. The van der Waals surface area contributed by atoms with Gasteiger partial charge in [0.2, 0.25) is 5.91 Å². The first kappa shape index (κ1) is 15.7. The van der Waals surface area contributed by atoms with Crippen LogP contribution in [-0.2, 0) is 11.2 Å². The topological polar surface area (TPSA) is 38.8 Å². The minimum Gasteiger partial charge on any atom is -0.497 e. The molecule has 4 heteroatoms. The van der Waals surface area contributed by atoms with E-state index < -0.39 is 0 Å². The smallest absolute Gasteiger partial charge is 0.223 e. The summed E-state index contributed by atoms with van der Waals surface area (Å²) in [6.45, 7) is 4.18. The number of hydrogen-bond acceptors (Lipinski definition) is 3. The largest absolute Gasteiger partial charge is 0.497 e. The standard InChI is InChI=1S/C17H25NO3/c1-12(2)18(14-6-7-14)17(19)8-5-13-9-15(20-3)11-16(10-13)21-4/h9-12,14H,5-8H2,1-4H3. The second-order valence-electron chi connectivity index (χ2n) is 5.85. The third kappa shape index (κ3) is 4.13. The van der Waals surface area contributed by atoms with Gasteiger partial charge in [0, 0.05) is 24.6 Å². The maximum atomic E-state index is 12.4. The zero-order valence-corrected chi connectivity index (χ0v) is 13.4. The van der Waals surface area contributed by atoms with Crippen molar-refractivity contribution in [3.05, 3.63) is 23.8 Å². The van der Waals surface area contributed by atoms with Crippen LogP contribution in [0.5, 0.6) is 11.5 Å². The summed E-state index contributed by atoms with van der Waals surface area (Å²) in [6, 6.07) is 6.53. The number of benzene rings is 1. The van der Waals surface area contributed by atoms with E-state index in [1.54, 1.807) is 14.2 Å². The molecular formula is C17H25NO3. The molecule has 1 saturated carbocycles. The Bertz CT molecular complexity index is 471. The SMILES string of the molecule is COc1cc(CCC(=O)N(C(C)C)C2CC2)cc(OC)c1. The summed E-state index contributed by atoms with van der Waals surface area (Å²) < 4.78 is 10.5. The van der Waals surface area contributed by atoms with Crippen LogP contribution >= 0.6 is 0 Å². The number of hydrogen-bond donors (Lipinski definition) is 0. The van der Waals surface area contributed by atoms with Crippen LogP contribution in [0.4, 0.5) is 0 Å². The quantitative estimate of drug-likeness (QED) is 0.775. The Morgan fingerprint density at radius 3 is 2.19 bits per heavy atom. The maximum absolute atomic E-state index is 12.4. The van der Waals surface area contributed by atoms with E-state index in [2.05, 4.69) is 13.8 Å². The van der Waals surface area contributed by atoms with Crippen molar-refractivity contribution in [2.45, 2.75) is 51.6 Å². The van der Waals surface area contributed by atoms with Gasteiger partial charge in [-0.05, 0) is 50.8 Å². The predicted molar refractivity (Wildman–Crippen MR) is 82.9 cm³/mol. The molecule has 0 heterocycles. The Morgan fingerprint density at radius 2 is 1.76 bits per heavy atom. The molecule has 1 aliphatic carbocycles. The monoisotopic (exact) mass is 291 g/mol.